The molecule has 132 valence electrons. The van der Waals surface area contributed by atoms with Crippen LogP contribution in [0.2, 0.25) is 0 Å². The molecule has 0 radical (unpaired) electrons. The molecule has 0 aliphatic carbocycles. The number of piperazine rings is 1. The molecule has 0 unspecified atom stereocenters. The van der Waals surface area contributed by atoms with Gasteiger partial charge in [-0.1, -0.05) is 19.9 Å². The Morgan fingerprint density at radius 1 is 1.25 bits per heavy atom. The first-order valence-corrected chi connectivity index (χ1v) is 10.0. The Balaban J connectivity index is 1.97. The fourth-order valence-electron chi connectivity index (χ4n) is 3.72. The number of anilines is 1. The predicted molar refractivity (Wildman–Crippen MR) is 93.1 cm³/mol. The van der Waals surface area contributed by atoms with Gasteiger partial charge in [-0.3, -0.25) is 9.69 Å². The van der Waals surface area contributed by atoms with E-state index in [4.69, 9.17) is 4.74 Å². The van der Waals surface area contributed by atoms with E-state index in [2.05, 4.69) is 13.8 Å². The topological polar surface area (TPSA) is 66.9 Å². The predicted octanol–water partition coefficient (Wildman–Crippen LogP) is 1.17. The number of benzene rings is 1. The van der Waals surface area contributed by atoms with Crippen molar-refractivity contribution in [3.8, 4) is 5.75 Å². The normalized spacial score (nSPS) is 26.7. The number of fused-ring (bicyclic) bond motifs is 1. The van der Waals surface area contributed by atoms with Crippen LogP contribution in [0, 0.1) is 5.92 Å². The fourth-order valence-corrected chi connectivity index (χ4v) is 5.70. The van der Waals surface area contributed by atoms with Crippen molar-refractivity contribution < 1.29 is 17.9 Å². The highest BCUT2D eigenvalue weighted by Gasteiger charge is 2.49. The number of nitrogens with zero attached hydrogens (tertiary/aromatic N) is 2. The summed E-state index contributed by atoms with van der Waals surface area (Å²) in [7, 11) is -1.57. The molecular formula is C17H24N2O4S. The van der Waals surface area contributed by atoms with Gasteiger partial charge < -0.3 is 9.64 Å². The first kappa shape index (κ1) is 17.2. The van der Waals surface area contributed by atoms with E-state index in [-0.39, 0.29) is 36.0 Å². The number of amides is 1. The Kier molecular flexibility index (Phi) is 4.57. The molecule has 2 heterocycles. The van der Waals surface area contributed by atoms with Crippen molar-refractivity contribution in [2.45, 2.75) is 25.9 Å². The fraction of sp³-hybridized carbons (Fsp3) is 0.588. The second-order valence-corrected chi connectivity index (χ2v) is 9.15. The summed E-state index contributed by atoms with van der Waals surface area (Å²) in [6.45, 7) is 5.15. The number of rotatable bonds is 4. The Hall–Kier alpha value is -1.60. The second-order valence-electron chi connectivity index (χ2n) is 7.00. The highest BCUT2D eigenvalue weighted by atomic mass is 32.2. The van der Waals surface area contributed by atoms with Crippen LogP contribution in [0.4, 0.5) is 5.69 Å². The molecule has 6 nitrogen and oxygen atoms in total. The molecule has 0 N–H and O–H groups in total. The summed E-state index contributed by atoms with van der Waals surface area (Å²) in [4.78, 5) is 16.5. The van der Waals surface area contributed by atoms with E-state index in [0.717, 1.165) is 6.54 Å². The van der Waals surface area contributed by atoms with Crippen LogP contribution >= 0.6 is 0 Å². The summed E-state index contributed by atoms with van der Waals surface area (Å²) in [5.74, 6) is 1.13. The van der Waals surface area contributed by atoms with Gasteiger partial charge in [-0.15, -0.1) is 0 Å². The van der Waals surface area contributed by atoms with E-state index >= 15 is 0 Å². The third kappa shape index (κ3) is 3.28. The summed E-state index contributed by atoms with van der Waals surface area (Å²) in [6.07, 6.45) is 0. The van der Waals surface area contributed by atoms with E-state index in [0.29, 0.717) is 17.4 Å². The van der Waals surface area contributed by atoms with Crippen LogP contribution in [-0.2, 0) is 14.6 Å². The van der Waals surface area contributed by atoms with Crippen molar-refractivity contribution in [3.63, 3.8) is 0 Å². The molecule has 0 bridgehead atoms. The first-order valence-electron chi connectivity index (χ1n) is 8.21. The Labute approximate surface area is 143 Å². The van der Waals surface area contributed by atoms with E-state index in [1.807, 2.05) is 23.1 Å². The van der Waals surface area contributed by atoms with Crippen molar-refractivity contribution in [1.29, 1.82) is 0 Å². The molecule has 7 heteroatoms. The third-order valence-corrected chi connectivity index (χ3v) is 6.33. The van der Waals surface area contributed by atoms with Crippen LogP contribution in [0.1, 0.15) is 13.8 Å². The van der Waals surface area contributed by atoms with Crippen molar-refractivity contribution in [3.05, 3.63) is 24.3 Å². The summed E-state index contributed by atoms with van der Waals surface area (Å²) in [5, 5.41) is 0. The van der Waals surface area contributed by atoms with E-state index in [1.54, 1.807) is 18.1 Å². The lowest BCUT2D eigenvalue weighted by Crippen LogP contribution is -2.62. The van der Waals surface area contributed by atoms with E-state index in [9.17, 15) is 13.2 Å². The average molecular weight is 352 g/mol. The van der Waals surface area contributed by atoms with Crippen LogP contribution in [0.5, 0.6) is 5.75 Å². The minimum atomic E-state index is -3.14. The number of methoxy groups -OCH3 is 1. The molecule has 0 saturated carbocycles. The number of carbonyl (C=O) groups is 1. The zero-order valence-corrected chi connectivity index (χ0v) is 15.1. The Bertz CT molecular complexity index is 732. The standard InChI is InChI=1S/C17H24N2O4S/c1-12(2)8-18-9-17(20)19(13-5-4-6-14(7-13)23-3)16-11-24(21,22)10-15(16)18/h4-7,12,15-16H,8-11H2,1-3H3/t15-,16+/m0/s1. The molecule has 1 amide bonds. The second kappa shape index (κ2) is 6.37. The van der Waals surface area contributed by atoms with Crippen LogP contribution in [-0.4, -0.2) is 63.0 Å². The van der Waals surface area contributed by atoms with Gasteiger partial charge in [-0.25, -0.2) is 8.42 Å². The smallest absolute Gasteiger partial charge is 0.241 e. The Morgan fingerprint density at radius 2 is 1.96 bits per heavy atom. The minimum absolute atomic E-state index is 0.0230. The van der Waals surface area contributed by atoms with Gasteiger partial charge in [0.2, 0.25) is 5.91 Å². The maximum Gasteiger partial charge on any atom is 0.241 e. The van der Waals surface area contributed by atoms with Crippen LogP contribution in [0.15, 0.2) is 24.3 Å². The van der Waals surface area contributed by atoms with Crippen LogP contribution in [0.25, 0.3) is 0 Å². The minimum Gasteiger partial charge on any atom is -0.497 e. The molecule has 2 saturated heterocycles. The van der Waals surface area contributed by atoms with Crippen LogP contribution in [0.3, 0.4) is 0 Å². The molecule has 1 aromatic rings. The maximum atomic E-state index is 12.8. The maximum absolute atomic E-state index is 12.8. The first-order chi connectivity index (χ1) is 11.3. The average Bonchev–Trinajstić information content (AvgIpc) is 2.82. The van der Waals surface area contributed by atoms with Crippen molar-refractivity contribution in [2.24, 2.45) is 5.92 Å². The summed E-state index contributed by atoms with van der Waals surface area (Å²) in [6, 6.07) is 6.79. The van der Waals surface area contributed by atoms with Gasteiger partial charge in [0, 0.05) is 24.3 Å². The van der Waals surface area contributed by atoms with E-state index < -0.39 is 9.84 Å². The third-order valence-electron chi connectivity index (χ3n) is 4.63. The molecule has 3 rings (SSSR count). The molecule has 2 atom stereocenters. The summed E-state index contributed by atoms with van der Waals surface area (Å²) < 4.78 is 29.7. The van der Waals surface area contributed by atoms with Gasteiger partial charge in [0.15, 0.2) is 9.84 Å². The number of carbonyl (C=O) groups excluding carboxylic acids is 1. The van der Waals surface area contributed by atoms with Crippen molar-refractivity contribution in [2.75, 3.05) is 36.6 Å². The monoisotopic (exact) mass is 352 g/mol. The summed E-state index contributed by atoms with van der Waals surface area (Å²) >= 11 is 0. The van der Waals surface area contributed by atoms with Gasteiger partial charge in [0.25, 0.3) is 0 Å². The molecule has 2 aliphatic rings. The highest BCUT2D eigenvalue weighted by molar-refractivity contribution is 7.91. The highest BCUT2D eigenvalue weighted by Crippen LogP contribution is 2.33. The van der Waals surface area contributed by atoms with Crippen molar-refractivity contribution in [1.82, 2.24) is 4.90 Å². The summed E-state index contributed by atoms with van der Waals surface area (Å²) in [5.41, 5.74) is 0.704. The van der Waals surface area contributed by atoms with Crippen LogP contribution < -0.4 is 9.64 Å². The van der Waals surface area contributed by atoms with Gasteiger partial charge in [-0.2, -0.15) is 0 Å². The Morgan fingerprint density at radius 3 is 2.62 bits per heavy atom. The van der Waals surface area contributed by atoms with E-state index in [1.165, 1.54) is 0 Å². The SMILES string of the molecule is COc1cccc(N2C(=O)CN(CC(C)C)[C@H]3CS(=O)(=O)C[C@H]32)c1. The van der Waals surface area contributed by atoms with Gasteiger partial charge >= 0.3 is 0 Å². The lowest BCUT2D eigenvalue weighted by Gasteiger charge is -2.44. The zero-order chi connectivity index (χ0) is 17.5. The zero-order valence-electron chi connectivity index (χ0n) is 14.3. The molecule has 0 aromatic heterocycles. The molecule has 2 aliphatic heterocycles. The molecule has 1 aromatic carbocycles. The molecular weight excluding hydrogens is 328 g/mol. The molecule has 2 fully saturated rings. The van der Waals surface area contributed by atoms with Gasteiger partial charge in [0.05, 0.1) is 31.2 Å². The van der Waals surface area contributed by atoms with Gasteiger partial charge in [-0.05, 0) is 18.1 Å². The lowest BCUT2D eigenvalue weighted by atomic mass is 10.0. The van der Waals surface area contributed by atoms with Gasteiger partial charge in [0.1, 0.15) is 5.75 Å². The molecule has 0 spiro atoms. The lowest BCUT2D eigenvalue weighted by molar-refractivity contribution is -0.123. The number of ether oxygens (including phenoxy) is 1. The number of hydrogen-bond donors (Lipinski definition) is 0. The number of hydrogen-bond acceptors (Lipinski definition) is 5. The quantitative estimate of drug-likeness (QED) is 0.814. The number of sulfone groups is 1. The van der Waals surface area contributed by atoms with Crippen molar-refractivity contribution >= 4 is 21.4 Å². The largest absolute Gasteiger partial charge is 0.497 e. The molecule has 24 heavy (non-hydrogen) atoms.